The van der Waals surface area contributed by atoms with Crippen molar-refractivity contribution in [1.29, 1.82) is 0 Å². The summed E-state index contributed by atoms with van der Waals surface area (Å²) in [6, 6.07) is 0.460. The molecule has 2 unspecified atom stereocenters. The summed E-state index contributed by atoms with van der Waals surface area (Å²) in [7, 11) is 0. The molecule has 5 heterocycles. The molecule has 0 aromatic carbocycles. The number of rotatable bonds is 24. The fourth-order valence-electron chi connectivity index (χ4n) is 10.3. The smallest absolute Gasteiger partial charge is 0.314 e. The van der Waals surface area contributed by atoms with Crippen LogP contribution in [0.3, 0.4) is 0 Å². The SMILES string of the molecule is CC[C@H]1C=CCC[C@@]2(C[C@@H]3CC[C@@H]4[C@H](C(=O)OCCCCCCCCCCCCCCC(=O)N(CCCN)CC(O)CCN)[C@]5(CCC[C@@H](C)O5)NC(N2)N34)O1. The third-order valence-electron chi connectivity index (χ3n) is 13.2. The zero-order chi connectivity index (χ0) is 39.8. The number of carbonyl (C=O) groups excluding carboxylic acids is 2. The molecule has 0 bridgehead atoms. The van der Waals surface area contributed by atoms with Crippen LogP contribution in [0.5, 0.6) is 0 Å². The van der Waals surface area contributed by atoms with Gasteiger partial charge < -0.3 is 35.7 Å². The Hall–Kier alpha value is -1.64. The average molecular weight is 789 g/mol. The number of esters is 1. The van der Waals surface area contributed by atoms with Crippen LogP contribution in [0.25, 0.3) is 0 Å². The fourth-order valence-corrected chi connectivity index (χ4v) is 10.3. The Morgan fingerprint density at radius 2 is 1.64 bits per heavy atom. The van der Waals surface area contributed by atoms with Crippen LogP contribution in [0.15, 0.2) is 12.2 Å². The summed E-state index contributed by atoms with van der Waals surface area (Å²) < 4.78 is 19.7. The molecule has 5 rings (SSSR count). The number of unbranched alkanes of at least 4 members (excludes halogenated alkanes) is 11. The van der Waals surface area contributed by atoms with Crippen LogP contribution in [0.1, 0.15) is 168 Å². The van der Waals surface area contributed by atoms with E-state index < -0.39 is 11.8 Å². The van der Waals surface area contributed by atoms with Gasteiger partial charge in [-0.15, -0.1) is 0 Å². The van der Waals surface area contributed by atoms with Gasteiger partial charge in [-0.1, -0.05) is 83.3 Å². The number of aliphatic hydroxyl groups excluding tert-OH is 1. The van der Waals surface area contributed by atoms with Crippen molar-refractivity contribution in [3.63, 3.8) is 0 Å². The highest BCUT2D eigenvalue weighted by atomic mass is 16.6. The van der Waals surface area contributed by atoms with Crippen molar-refractivity contribution >= 4 is 11.9 Å². The number of nitrogens with zero attached hydrogens (tertiary/aromatic N) is 2. The average Bonchev–Trinajstić information content (AvgIpc) is 3.48. The van der Waals surface area contributed by atoms with E-state index in [2.05, 4.69) is 41.5 Å². The van der Waals surface area contributed by atoms with Gasteiger partial charge in [0.1, 0.15) is 23.7 Å². The largest absolute Gasteiger partial charge is 0.465 e. The minimum absolute atomic E-state index is 0.0915. The van der Waals surface area contributed by atoms with Gasteiger partial charge in [0, 0.05) is 38.0 Å². The van der Waals surface area contributed by atoms with E-state index in [9.17, 15) is 14.7 Å². The van der Waals surface area contributed by atoms with Gasteiger partial charge in [0.05, 0.1) is 24.9 Å². The van der Waals surface area contributed by atoms with Crippen LogP contribution in [-0.2, 0) is 23.8 Å². The zero-order valence-corrected chi connectivity index (χ0v) is 35.2. The van der Waals surface area contributed by atoms with Gasteiger partial charge in [0.2, 0.25) is 5.91 Å². The van der Waals surface area contributed by atoms with Crippen LogP contribution >= 0.6 is 0 Å². The lowest BCUT2D eigenvalue weighted by Gasteiger charge is -2.60. The van der Waals surface area contributed by atoms with Gasteiger partial charge in [-0.3, -0.25) is 25.1 Å². The molecule has 4 saturated heterocycles. The summed E-state index contributed by atoms with van der Waals surface area (Å²) in [5, 5.41) is 17.9. The number of amides is 1. The van der Waals surface area contributed by atoms with E-state index in [4.69, 9.17) is 25.7 Å². The van der Waals surface area contributed by atoms with Gasteiger partial charge in [0.15, 0.2) is 0 Å². The van der Waals surface area contributed by atoms with Crippen molar-refractivity contribution in [3.8, 4) is 0 Å². The first kappa shape index (κ1) is 45.4. The molecular formula is C44H80N6O6. The third-order valence-corrected chi connectivity index (χ3v) is 13.2. The van der Waals surface area contributed by atoms with Crippen molar-refractivity contribution < 1.29 is 28.9 Å². The van der Waals surface area contributed by atoms with Crippen LogP contribution < -0.4 is 22.1 Å². The Labute approximate surface area is 338 Å². The Morgan fingerprint density at radius 3 is 2.32 bits per heavy atom. The minimum Gasteiger partial charge on any atom is -0.465 e. The van der Waals surface area contributed by atoms with E-state index in [0.29, 0.717) is 51.7 Å². The van der Waals surface area contributed by atoms with Gasteiger partial charge in [0.25, 0.3) is 0 Å². The molecule has 9 atom stereocenters. The molecule has 56 heavy (non-hydrogen) atoms. The number of ether oxygens (including phenoxy) is 3. The van der Waals surface area contributed by atoms with Gasteiger partial charge in [-0.05, 0) is 97.1 Å². The van der Waals surface area contributed by atoms with Crippen LogP contribution in [0.2, 0.25) is 0 Å². The molecule has 0 aliphatic carbocycles. The molecule has 0 saturated carbocycles. The molecule has 2 spiro atoms. The Kier molecular flexibility index (Phi) is 18.8. The summed E-state index contributed by atoms with van der Waals surface area (Å²) in [6.45, 7) is 6.73. The van der Waals surface area contributed by atoms with Gasteiger partial charge >= 0.3 is 5.97 Å². The minimum atomic E-state index is -0.727. The molecule has 7 N–H and O–H groups in total. The molecule has 0 aromatic rings. The van der Waals surface area contributed by atoms with Crippen LogP contribution in [-0.4, -0.2) is 108 Å². The first-order valence-corrected chi connectivity index (χ1v) is 23.1. The quantitative estimate of drug-likeness (QED) is 0.0447. The maximum Gasteiger partial charge on any atom is 0.314 e. The van der Waals surface area contributed by atoms with Gasteiger partial charge in [-0.2, -0.15) is 0 Å². The third kappa shape index (κ3) is 12.7. The maximum absolute atomic E-state index is 14.1. The second kappa shape index (κ2) is 23.2. The number of nitrogens with two attached hydrogens (primary N) is 2. The standard InChI is InChI=1S/C44H80N6O6/c1-3-37-21-15-16-26-43(56-37)32-35-23-24-38-40(44(27-18-20-34(2)55-44)48-42(47-43)50(35)38)41(53)54-31-17-13-11-9-7-5-4-6-8-10-12-14-22-39(52)49(30-19-28-45)33-36(51)25-29-46/h15,21,34-38,40,42,47-48,51H,3-14,16-20,22-33,45-46H2,1-2H3/t34-,35+,36?,37+,38-,40-,42?,43+,44-/m1/s1. The molecule has 5 aliphatic heterocycles. The lowest BCUT2D eigenvalue weighted by Crippen LogP contribution is -2.81. The molecule has 322 valence electrons. The van der Waals surface area contributed by atoms with Crippen molar-refractivity contribution in [3.05, 3.63) is 12.2 Å². The van der Waals surface area contributed by atoms with E-state index >= 15 is 0 Å². The number of allylic oxidation sites excluding steroid dienone is 1. The highest BCUT2D eigenvalue weighted by Crippen LogP contribution is 2.49. The predicted molar refractivity (Wildman–Crippen MR) is 221 cm³/mol. The highest BCUT2D eigenvalue weighted by Gasteiger charge is 2.63. The maximum atomic E-state index is 14.1. The number of nitrogens with one attached hydrogen (secondary N) is 2. The van der Waals surface area contributed by atoms with Crippen molar-refractivity contribution in [2.24, 2.45) is 17.4 Å². The van der Waals surface area contributed by atoms with Crippen LogP contribution in [0.4, 0.5) is 0 Å². The Morgan fingerprint density at radius 1 is 0.929 bits per heavy atom. The highest BCUT2D eigenvalue weighted by molar-refractivity contribution is 5.76. The Balaban J connectivity index is 0.949. The number of hydrogen-bond donors (Lipinski definition) is 5. The number of carbonyl (C=O) groups is 2. The number of aliphatic hydroxyl groups is 1. The second-order valence-electron chi connectivity index (χ2n) is 17.7. The van der Waals surface area contributed by atoms with E-state index in [1.54, 1.807) is 4.90 Å². The summed E-state index contributed by atoms with van der Waals surface area (Å²) >= 11 is 0. The lowest BCUT2D eigenvalue weighted by molar-refractivity contribution is -0.255. The van der Waals surface area contributed by atoms with Gasteiger partial charge in [-0.25, -0.2) is 0 Å². The normalized spacial score (nSPS) is 32.0. The molecule has 4 fully saturated rings. The van der Waals surface area contributed by atoms with E-state index in [1.807, 2.05) is 0 Å². The topological polar surface area (TPSA) is 165 Å². The van der Waals surface area contributed by atoms with Crippen molar-refractivity contribution in [1.82, 2.24) is 20.4 Å². The van der Waals surface area contributed by atoms with E-state index in [-0.39, 0.29) is 48.1 Å². The lowest BCUT2D eigenvalue weighted by atomic mass is 9.79. The van der Waals surface area contributed by atoms with Crippen LogP contribution in [0, 0.1) is 5.92 Å². The van der Waals surface area contributed by atoms with E-state index in [0.717, 1.165) is 96.3 Å². The first-order valence-electron chi connectivity index (χ1n) is 23.1. The molecule has 0 radical (unpaired) electrons. The summed E-state index contributed by atoms with van der Waals surface area (Å²) in [5.41, 5.74) is 10.1. The predicted octanol–water partition coefficient (Wildman–Crippen LogP) is 5.94. The fraction of sp³-hybridized carbons (Fsp3) is 0.909. The first-order chi connectivity index (χ1) is 27.2. The van der Waals surface area contributed by atoms with E-state index in [1.165, 1.54) is 44.9 Å². The van der Waals surface area contributed by atoms with Crippen molar-refractivity contribution in [2.75, 3.05) is 32.8 Å². The molecular weight excluding hydrogens is 709 g/mol. The second-order valence-corrected chi connectivity index (χ2v) is 17.7. The summed E-state index contributed by atoms with van der Waals surface area (Å²) in [5.74, 6) is -0.312. The molecule has 0 aromatic heterocycles. The Bertz CT molecular complexity index is 1210. The monoisotopic (exact) mass is 789 g/mol. The molecule has 12 nitrogen and oxygen atoms in total. The summed E-state index contributed by atoms with van der Waals surface area (Å²) in [4.78, 5) is 31.1. The molecule has 5 aliphatic rings. The summed E-state index contributed by atoms with van der Waals surface area (Å²) in [6.07, 6.45) is 28.4. The number of hydrogen-bond acceptors (Lipinski definition) is 11. The molecule has 12 heteroatoms. The molecule has 1 amide bonds. The van der Waals surface area contributed by atoms with Crippen molar-refractivity contribution in [2.45, 2.75) is 216 Å². The zero-order valence-electron chi connectivity index (χ0n) is 35.2.